The van der Waals surface area contributed by atoms with Crippen molar-refractivity contribution in [1.29, 1.82) is 5.26 Å². The van der Waals surface area contributed by atoms with Crippen molar-refractivity contribution in [3.05, 3.63) is 36.0 Å². The molecule has 0 amide bonds. The van der Waals surface area contributed by atoms with E-state index in [1.54, 1.807) is 0 Å². The molecule has 0 bridgehead atoms. The summed E-state index contributed by atoms with van der Waals surface area (Å²) in [6.45, 7) is 0. The molecule has 0 N–H and O–H groups in total. The minimum Gasteiger partial charge on any atom is -0.351 e. The predicted molar refractivity (Wildman–Crippen MR) is 56.9 cm³/mol. The molecule has 70 valence electrons. The number of nitrogens with zero attached hydrogens (tertiary/aromatic N) is 2. The number of aromatic nitrogens is 1. The van der Waals surface area contributed by atoms with Crippen LogP contribution in [0.2, 0.25) is 0 Å². The van der Waals surface area contributed by atoms with E-state index >= 15 is 0 Å². The van der Waals surface area contributed by atoms with E-state index in [0.717, 1.165) is 6.42 Å². The van der Waals surface area contributed by atoms with Gasteiger partial charge in [-0.2, -0.15) is 5.26 Å². The Bertz CT molecular complexity index is 488. The molecule has 0 aliphatic heterocycles. The normalized spacial score (nSPS) is 10.3. The Morgan fingerprint density at radius 3 is 3.00 bits per heavy atom. The van der Waals surface area contributed by atoms with Crippen molar-refractivity contribution in [1.82, 2.24) is 4.57 Å². The lowest BCUT2D eigenvalue weighted by Crippen LogP contribution is -1.87. The van der Waals surface area contributed by atoms with Crippen molar-refractivity contribution in [3.8, 4) is 6.07 Å². The first-order chi connectivity index (χ1) is 6.81. The summed E-state index contributed by atoms with van der Waals surface area (Å²) < 4.78 is 2.10. The van der Waals surface area contributed by atoms with Gasteiger partial charge >= 0.3 is 0 Å². The summed E-state index contributed by atoms with van der Waals surface area (Å²) in [6, 6.07) is 10.6. The van der Waals surface area contributed by atoms with Gasteiger partial charge in [-0.1, -0.05) is 12.1 Å². The molecule has 2 rings (SSSR count). The molecule has 0 aliphatic carbocycles. The third-order valence-corrected chi connectivity index (χ3v) is 2.48. The summed E-state index contributed by atoms with van der Waals surface area (Å²) in [4.78, 5) is 0. The van der Waals surface area contributed by atoms with E-state index in [1.807, 2.05) is 7.05 Å². The summed E-state index contributed by atoms with van der Waals surface area (Å²) in [5, 5.41) is 9.76. The van der Waals surface area contributed by atoms with Crippen molar-refractivity contribution in [3.63, 3.8) is 0 Å². The molecule has 1 heterocycles. The summed E-state index contributed by atoms with van der Waals surface area (Å²) in [6.07, 6.45) is 3.49. The van der Waals surface area contributed by atoms with Crippen molar-refractivity contribution in [2.24, 2.45) is 7.05 Å². The Hall–Kier alpha value is -1.75. The molecule has 1 aromatic carbocycles. The van der Waals surface area contributed by atoms with E-state index < -0.39 is 0 Å². The number of benzene rings is 1. The van der Waals surface area contributed by atoms with Gasteiger partial charge in [-0.15, -0.1) is 0 Å². The first-order valence-corrected chi connectivity index (χ1v) is 4.72. The molecule has 0 aliphatic rings. The van der Waals surface area contributed by atoms with Crippen LogP contribution < -0.4 is 0 Å². The first kappa shape index (κ1) is 8.83. The van der Waals surface area contributed by atoms with E-state index in [1.165, 1.54) is 16.5 Å². The molecule has 0 unspecified atom stereocenters. The summed E-state index contributed by atoms with van der Waals surface area (Å²) >= 11 is 0. The summed E-state index contributed by atoms with van der Waals surface area (Å²) in [7, 11) is 2.04. The van der Waals surface area contributed by atoms with Gasteiger partial charge in [0.25, 0.3) is 0 Å². The Morgan fingerprint density at radius 1 is 1.36 bits per heavy atom. The zero-order chi connectivity index (χ0) is 9.97. The molecule has 0 radical (unpaired) electrons. The van der Waals surface area contributed by atoms with E-state index in [4.69, 9.17) is 5.26 Å². The fraction of sp³-hybridized carbons (Fsp3) is 0.250. The van der Waals surface area contributed by atoms with Crippen LogP contribution in [0.5, 0.6) is 0 Å². The second-order valence-electron chi connectivity index (χ2n) is 3.48. The van der Waals surface area contributed by atoms with Gasteiger partial charge < -0.3 is 4.57 Å². The maximum Gasteiger partial charge on any atom is 0.0625 e. The standard InChI is InChI=1S/C12H12N2/c1-14-8-6-11-5-4-10(3-2-7-13)9-12(11)14/h4-6,8-9H,2-3H2,1H3. The number of aryl methyl sites for hydroxylation is 2. The average molecular weight is 184 g/mol. The third-order valence-electron chi connectivity index (χ3n) is 2.48. The zero-order valence-electron chi connectivity index (χ0n) is 8.20. The maximum absolute atomic E-state index is 8.50. The van der Waals surface area contributed by atoms with Crippen LogP contribution >= 0.6 is 0 Å². The molecule has 0 spiro atoms. The average Bonchev–Trinajstić information content (AvgIpc) is 2.57. The van der Waals surface area contributed by atoms with Gasteiger partial charge in [0.05, 0.1) is 6.07 Å². The van der Waals surface area contributed by atoms with Crippen LogP contribution in [-0.2, 0) is 13.5 Å². The highest BCUT2D eigenvalue weighted by atomic mass is 14.9. The zero-order valence-corrected chi connectivity index (χ0v) is 8.20. The number of rotatable bonds is 2. The largest absolute Gasteiger partial charge is 0.351 e. The van der Waals surface area contributed by atoms with Gasteiger partial charge in [0, 0.05) is 25.2 Å². The Labute approximate surface area is 83.4 Å². The Balaban J connectivity index is 2.40. The topological polar surface area (TPSA) is 28.7 Å². The van der Waals surface area contributed by atoms with E-state index in [-0.39, 0.29) is 0 Å². The monoisotopic (exact) mass is 184 g/mol. The Kier molecular flexibility index (Phi) is 2.24. The van der Waals surface area contributed by atoms with Crippen molar-refractivity contribution < 1.29 is 0 Å². The minimum absolute atomic E-state index is 0.593. The van der Waals surface area contributed by atoms with Gasteiger partial charge in [-0.25, -0.2) is 0 Å². The highest BCUT2D eigenvalue weighted by Crippen LogP contribution is 2.17. The highest BCUT2D eigenvalue weighted by Gasteiger charge is 1.99. The SMILES string of the molecule is Cn1ccc2ccc(CCC#N)cc21. The van der Waals surface area contributed by atoms with Gasteiger partial charge in [-0.3, -0.25) is 0 Å². The molecular formula is C12H12N2. The van der Waals surface area contributed by atoms with Gasteiger partial charge in [0.2, 0.25) is 0 Å². The molecule has 1 aromatic heterocycles. The summed E-state index contributed by atoms with van der Waals surface area (Å²) in [5.74, 6) is 0. The van der Waals surface area contributed by atoms with E-state index in [9.17, 15) is 0 Å². The van der Waals surface area contributed by atoms with Crippen LogP contribution in [0.3, 0.4) is 0 Å². The van der Waals surface area contributed by atoms with Crippen LogP contribution in [0.15, 0.2) is 30.5 Å². The Morgan fingerprint density at radius 2 is 2.21 bits per heavy atom. The lowest BCUT2D eigenvalue weighted by molar-refractivity contribution is 0.961. The van der Waals surface area contributed by atoms with Gasteiger partial charge in [0.1, 0.15) is 0 Å². The van der Waals surface area contributed by atoms with Crippen molar-refractivity contribution in [2.75, 3.05) is 0 Å². The van der Waals surface area contributed by atoms with Crippen LogP contribution in [0.1, 0.15) is 12.0 Å². The van der Waals surface area contributed by atoms with Crippen LogP contribution in [-0.4, -0.2) is 4.57 Å². The third kappa shape index (κ3) is 1.49. The number of nitriles is 1. The van der Waals surface area contributed by atoms with Crippen molar-refractivity contribution >= 4 is 10.9 Å². The van der Waals surface area contributed by atoms with Crippen LogP contribution in [0.4, 0.5) is 0 Å². The molecular weight excluding hydrogens is 172 g/mol. The predicted octanol–water partition coefficient (Wildman–Crippen LogP) is 2.63. The molecule has 2 nitrogen and oxygen atoms in total. The quantitative estimate of drug-likeness (QED) is 0.705. The molecule has 2 aromatic rings. The summed E-state index contributed by atoms with van der Waals surface area (Å²) in [5.41, 5.74) is 2.47. The number of hydrogen-bond acceptors (Lipinski definition) is 1. The van der Waals surface area contributed by atoms with Crippen LogP contribution in [0, 0.1) is 11.3 Å². The lowest BCUT2D eigenvalue weighted by atomic mass is 10.1. The van der Waals surface area contributed by atoms with Crippen LogP contribution in [0.25, 0.3) is 10.9 Å². The van der Waals surface area contributed by atoms with Crippen molar-refractivity contribution in [2.45, 2.75) is 12.8 Å². The second kappa shape index (κ2) is 3.55. The van der Waals surface area contributed by atoms with E-state index in [0.29, 0.717) is 6.42 Å². The fourth-order valence-electron chi connectivity index (χ4n) is 1.66. The van der Waals surface area contributed by atoms with Gasteiger partial charge in [-0.05, 0) is 29.5 Å². The molecule has 2 heteroatoms. The number of hydrogen-bond donors (Lipinski definition) is 0. The molecule has 0 saturated heterocycles. The maximum atomic E-state index is 8.50. The molecule has 0 fully saturated rings. The minimum atomic E-state index is 0.593. The number of fused-ring (bicyclic) bond motifs is 1. The molecule has 0 atom stereocenters. The highest BCUT2D eigenvalue weighted by molar-refractivity contribution is 5.80. The smallest absolute Gasteiger partial charge is 0.0625 e. The first-order valence-electron chi connectivity index (χ1n) is 4.72. The fourth-order valence-corrected chi connectivity index (χ4v) is 1.66. The molecule has 0 saturated carbocycles. The van der Waals surface area contributed by atoms with E-state index in [2.05, 4.69) is 41.1 Å². The second-order valence-corrected chi connectivity index (χ2v) is 3.48. The lowest BCUT2D eigenvalue weighted by Gasteiger charge is -2.00. The molecule has 14 heavy (non-hydrogen) atoms. The van der Waals surface area contributed by atoms with Gasteiger partial charge in [0.15, 0.2) is 0 Å².